The Morgan fingerprint density at radius 1 is 1.27 bits per heavy atom. The first-order valence-electron chi connectivity index (χ1n) is 9.12. The Balaban J connectivity index is 1.53. The van der Waals surface area contributed by atoms with Gasteiger partial charge in [0.2, 0.25) is 5.91 Å². The van der Waals surface area contributed by atoms with Gasteiger partial charge >= 0.3 is 0 Å². The zero-order valence-electron chi connectivity index (χ0n) is 14.8. The Kier molecular flexibility index (Phi) is 4.85. The van der Waals surface area contributed by atoms with Crippen LogP contribution in [0.15, 0.2) is 22.7 Å². The molecule has 1 aliphatic carbocycles. The first-order chi connectivity index (χ1) is 12.7. The molecule has 7 heteroatoms. The minimum Gasteiger partial charge on any atom is -0.496 e. The van der Waals surface area contributed by atoms with Gasteiger partial charge in [-0.05, 0) is 31.0 Å². The third kappa shape index (κ3) is 3.30. The summed E-state index contributed by atoms with van der Waals surface area (Å²) in [6.45, 7) is 0.676. The molecule has 26 heavy (non-hydrogen) atoms. The zero-order valence-corrected chi connectivity index (χ0v) is 15.5. The summed E-state index contributed by atoms with van der Waals surface area (Å²) < 4.78 is 10.8. The molecule has 2 fully saturated rings. The number of carbonyl (C=O) groups excluding carboxylic acids is 1. The second-order valence-electron chi connectivity index (χ2n) is 7.04. The number of halogens is 1. The van der Waals surface area contributed by atoms with Crippen LogP contribution >= 0.6 is 11.6 Å². The molecule has 1 atom stereocenters. The molecule has 1 saturated carbocycles. The summed E-state index contributed by atoms with van der Waals surface area (Å²) in [6.07, 6.45) is 6.35. The fraction of sp³-hybridized carbons (Fsp3) is 0.526. The van der Waals surface area contributed by atoms with Crippen LogP contribution in [0.3, 0.4) is 0 Å². The summed E-state index contributed by atoms with van der Waals surface area (Å²) in [4.78, 5) is 19.0. The van der Waals surface area contributed by atoms with Crippen molar-refractivity contribution in [3.8, 4) is 17.2 Å². The average molecular weight is 376 g/mol. The van der Waals surface area contributed by atoms with E-state index < -0.39 is 0 Å². The van der Waals surface area contributed by atoms with Crippen molar-refractivity contribution in [1.29, 1.82) is 0 Å². The molecule has 6 nitrogen and oxygen atoms in total. The Hall–Kier alpha value is -2.08. The standard InChI is InChI=1S/C19H22ClN3O3/c1-25-16-8-7-13(20)10-15(16)19-21-18(22-26-19)12-9-17(24)23(11-12)14-5-3-2-4-6-14/h7-8,10,12,14H,2-6,9,11H2,1H3/t12-/m0/s1. The summed E-state index contributed by atoms with van der Waals surface area (Å²) in [7, 11) is 1.59. The number of aromatic nitrogens is 2. The van der Waals surface area contributed by atoms with Crippen LogP contribution < -0.4 is 4.74 Å². The van der Waals surface area contributed by atoms with E-state index in [1.807, 2.05) is 4.90 Å². The summed E-state index contributed by atoms with van der Waals surface area (Å²) in [6, 6.07) is 5.64. The molecule has 0 radical (unpaired) electrons. The molecule has 2 heterocycles. The molecule has 1 aromatic carbocycles. The molecular formula is C19H22ClN3O3. The number of amides is 1. The molecule has 138 valence electrons. The van der Waals surface area contributed by atoms with Crippen molar-refractivity contribution in [2.45, 2.75) is 50.5 Å². The quantitative estimate of drug-likeness (QED) is 0.806. The number of methoxy groups -OCH3 is 1. The predicted octanol–water partition coefficient (Wildman–Crippen LogP) is 4.05. The van der Waals surface area contributed by atoms with Crippen LogP contribution in [0.1, 0.15) is 50.3 Å². The van der Waals surface area contributed by atoms with Gasteiger partial charge in [-0.3, -0.25) is 4.79 Å². The molecule has 2 aliphatic rings. The van der Waals surface area contributed by atoms with Gasteiger partial charge in [-0.1, -0.05) is 36.0 Å². The van der Waals surface area contributed by atoms with Crippen molar-refractivity contribution in [3.63, 3.8) is 0 Å². The van der Waals surface area contributed by atoms with Crippen LogP contribution in [0.2, 0.25) is 5.02 Å². The lowest BCUT2D eigenvalue weighted by Crippen LogP contribution is -2.37. The maximum Gasteiger partial charge on any atom is 0.261 e. The van der Waals surface area contributed by atoms with Crippen LogP contribution in [0.4, 0.5) is 0 Å². The van der Waals surface area contributed by atoms with Crippen LogP contribution in [0.25, 0.3) is 11.5 Å². The van der Waals surface area contributed by atoms with Crippen LogP contribution in [-0.4, -0.2) is 40.6 Å². The number of nitrogens with zero attached hydrogens (tertiary/aromatic N) is 3. The number of rotatable bonds is 4. The third-order valence-corrected chi connectivity index (χ3v) is 5.61. The van der Waals surface area contributed by atoms with Crippen molar-refractivity contribution >= 4 is 17.5 Å². The fourth-order valence-corrected chi connectivity index (χ4v) is 4.18. The minimum atomic E-state index is -0.0212. The predicted molar refractivity (Wildman–Crippen MR) is 97.2 cm³/mol. The molecule has 0 unspecified atom stereocenters. The number of likely N-dealkylation sites (tertiary alicyclic amines) is 1. The molecule has 0 bridgehead atoms. The van der Waals surface area contributed by atoms with Crippen LogP contribution in [0.5, 0.6) is 5.75 Å². The lowest BCUT2D eigenvalue weighted by Gasteiger charge is -2.31. The van der Waals surface area contributed by atoms with Gasteiger partial charge in [0.25, 0.3) is 5.89 Å². The number of benzene rings is 1. The third-order valence-electron chi connectivity index (χ3n) is 5.37. The highest BCUT2D eigenvalue weighted by molar-refractivity contribution is 6.30. The fourth-order valence-electron chi connectivity index (χ4n) is 4.01. The van der Waals surface area contributed by atoms with Crippen molar-refractivity contribution in [2.24, 2.45) is 0 Å². The molecule has 4 rings (SSSR count). The van der Waals surface area contributed by atoms with Crippen molar-refractivity contribution in [2.75, 3.05) is 13.7 Å². The van der Waals surface area contributed by atoms with Gasteiger partial charge in [-0.2, -0.15) is 4.98 Å². The Bertz CT molecular complexity index is 801. The second-order valence-corrected chi connectivity index (χ2v) is 7.48. The summed E-state index contributed by atoms with van der Waals surface area (Å²) in [5.74, 6) is 1.74. The van der Waals surface area contributed by atoms with E-state index in [0.29, 0.717) is 47.1 Å². The van der Waals surface area contributed by atoms with Crippen LogP contribution in [0, 0.1) is 0 Å². The Morgan fingerprint density at radius 3 is 2.85 bits per heavy atom. The van der Waals surface area contributed by atoms with Crippen LogP contribution in [-0.2, 0) is 4.79 Å². The maximum absolute atomic E-state index is 12.5. The van der Waals surface area contributed by atoms with Gasteiger partial charge < -0.3 is 14.2 Å². The van der Waals surface area contributed by atoms with E-state index in [1.165, 1.54) is 19.3 Å². The van der Waals surface area contributed by atoms with Gasteiger partial charge in [0.15, 0.2) is 5.82 Å². The molecule has 1 saturated heterocycles. The van der Waals surface area contributed by atoms with E-state index in [-0.39, 0.29) is 11.8 Å². The minimum absolute atomic E-state index is 0.0212. The van der Waals surface area contributed by atoms with E-state index in [2.05, 4.69) is 10.1 Å². The first kappa shape index (κ1) is 17.3. The van der Waals surface area contributed by atoms with E-state index >= 15 is 0 Å². The number of hydrogen-bond acceptors (Lipinski definition) is 5. The molecule has 0 spiro atoms. The van der Waals surface area contributed by atoms with Gasteiger partial charge in [0.1, 0.15) is 5.75 Å². The summed E-state index contributed by atoms with van der Waals surface area (Å²) in [5, 5.41) is 4.70. The molecule has 1 amide bonds. The van der Waals surface area contributed by atoms with Gasteiger partial charge in [-0.25, -0.2) is 0 Å². The monoisotopic (exact) mass is 375 g/mol. The highest BCUT2D eigenvalue weighted by atomic mass is 35.5. The smallest absolute Gasteiger partial charge is 0.261 e. The molecule has 1 aliphatic heterocycles. The van der Waals surface area contributed by atoms with Gasteiger partial charge in [-0.15, -0.1) is 0 Å². The average Bonchev–Trinajstić information content (AvgIpc) is 3.29. The van der Waals surface area contributed by atoms with Crippen molar-refractivity contribution in [3.05, 3.63) is 29.0 Å². The highest BCUT2D eigenvalue weighted by Gasteiger charge is 2.37. The lowest BCUT2D eigenvalue weighted by molar-refractivity contribution is -0.130. The Morgan fingerprint density at radius 2 is 2.08 bits per heavy atom. The number of ether oxygens (including phenoxy) is 1. The highest BCUT2D eigenvalue weighted by Crippen LogP contribution is 2.35. The number of carbonyl (C=O) groups is 1. The van der Waals surface area contributed by atoms with E-state index in [9.17, 15) is 4.79 Å². The van der Waals surface area contributed by atoms with Crippen molar-refractivity contribution in [1.82, 2.24) is 15.0 Å². The maximum atomic E-state index is 12.5. The van der Waals surface area contributed by atoms with E-state index in [4.69, 9.17) is 20.9 Å². The van der Waals surface area contributed by atoms with Gasteiger partial charge in [0, 0.05) is 29.9 Å². The second kappa shape index (κ2) is 7.27. The SMILES string of the molecule is COc1ccc(Cl)cc1-c1nc([C@H]2CC(=O)N(C3CCCCC3)C2)no1. The van der Waals surface area contributed by atoms with E-state index in [1.54, 1.807) is 25.3 Å². The summed E-state index contributed by atoms with van der Waals surface area (Å²) in [5.41, 5.74) is 0.659. The normalized spacial score (nSPS) is 21.4. The lowest BCUT2D eigenvalue weighted by atomic mass is 9.94. The topological polar surface area (TPSA) is 68.5 Å². The molecule has 2 aromatic rings. The largest absolute Gasteiger partial charge is 0.496 e. The van der Waals surface area contributed by atoms with Gasteiger partial charge in [0.05, 0.1) is 12.7 Å². The number of hydrogen-bond donors (Lipinski definition) is 0. The molecular weight excluding hydrogens is 354 g/mol. The zero-order chi connectivity index (χ0) is 18.1. The van der Waals surface area contributed by atoms with E-state index in [0.717, 1.165) is 12.8 Å². The van der Waals surface area contributed by atoms with Crippen molar-refractivity contribution < 1.29 is 14.1 Å². The first-order valence-corrected chi connectivity index (χ1v) is 9.50. The summed E-state index contributed by atoms with van der Waals surface area (Å²) >= 11 is 6.09. The molecule has 0 N–H and O–H groups in total. The molecule has 1 aromatic heterocycles. The Labute approximate surface area is 157 Å².